The highest BCUT2D eigenvalue weighted by Gasteiger charge is 2.09. The van der Waals surface area contributed by atoms with Crippen molar-refractivity contribution in [3.8, 4) is 0 Å². The number of alkyl halides is 2. The van der Waals surface area contributed by atoms with Crippen LogP contribution in [0.15, 0.2) is 40.9 Å². The third kappa shape index (κ3) is 3.50. The summed E-state index contributed by atoms with van der Waals surface area (Å²) < 4.78 is 51.4. The molecule has 2 aromatic carbocycles. The van der Waals surface area contributed by atoms with Gasteiger partial charge in [0.15, 0.2) is 0 Å². The maximum atomic E-state index is 13.5. The van der Waals surface area contributed by atoms with Gasteiger partial charge in [0.05, 0.1) is 10.2 Å². The van der Waals surface area contributed by atoms with Crippen LogP contribution in [0.2, 0.25) is 0 Å². The minimum Gasteiger partial charge on any atom is -0.379 e. The molecule has 1 nitrogen and oxygen atoms in total. The second-order valence-electron chi connectivity index (χ2n) is 4.14. The Balaban J connectivity index is 2.07. The Morgan fingerprint density at radius 2 is 1.65 bits per heavy atom. The number of hydrogen-bond acceptors (Lipinski definition) is 1. The summed E-state index contributed by atoms with van der Waals surface area (Å²) in [4.78, 5) is 0. The van der Waals surface area contributed by atoms with Crippen molar-refractivity contribution in [2.75, 3.05) is 5.32 Å². The number of rotatable bonds is 4. The van der Waals surface area contributed by atoms with Crippen molar-refractivity contribution >= 4 is 21.6 Å². The number of anilines is 1. The second kappa shape index (κ2) is 6.26. The van der Waals surface area contributed by atoms with Crippen molar-refractivity contribution in [2.24, 2.45) is 0 Å². The Morgan fingerprint density at radius 1 is 1.00 bits per heavy atom. The molecular weight excluding hydrogens is 338 g/mol. The molecule has 1 N–H and O–H groups in total. The summed E-state index contributed by atoms with van der Waals surface area (Å²) in [6, 6.07) is 7.76. The Bertz CT molecular complexity index is 599. The van der Waals surface area contributed by atoms with Crippen LogP contribution in [0, 0.1) is 11.6 Å². The van der Waals surface area contributed by atoms with Gasteiger partial charge in [0.25, 0.3) is 6.43 Å². The molecule has 0 heterocycles. The summed E-state index contributed by atoms with van der Waals surface area (Å²) in [5.74, 6) is -1.40. The molecule has 0 saturated heterocycles. The van der Waals surface area contributed by atoms with E-state index < -0.39 is 18.1 Å². The predicted molar refractivity (Wildman–Crippen MR) is 72.8 cm³/mol. The highest BCUT2D eigenvalue weighted by Crippen LogP contribution is 2.24. The highest BCUT2D eigenvalue weighted by molar-refractivity contribution is 9.10. The van der Waals surface area contributed by atoms with Crippen molar-refractivity contribution in [3.05, 3.63) is 63.6 Å². The molecule has 6 heteroatoms. The van der Waals surface area contributed by atoms with Crippen LogP contribution >= 0.6 is 15.9 Å². The van der Waals surface area contributed by atoms with Crippen LogP contribution in [-0.2, 0) is 6.54 Å². The largest absolute Gasteiger partial charge is 0.379 e. The topological polar surface area (TPSA) is 12.0 Å². The van der Waals surface area contributed by atoms with Crippen molar-refractivity contribution < 1.29 is 17.6 Å². The SMILES string of the molecule is Fc1cc(F)c(NCc2ccc(C(F)F)cc2)cc1Br. The van der Waals surface area contributed by atoms with Crippen LogP contribution in [0.25, 0.3) is 0 Å². The van der Waals surface area contributed by atoms with Crippen LogP contribution in [0.3, 0.4) is 0 Å². The van der Waals surface area contributed by atoms with Gasteiger partial charge in [0.1, 0.15) is 11.6 Å². The molecule has 0 aliphatic heterocycles. The van der Waals surface area contributed by atoms with E-state index in [1.54, 1.807) is 0 Å². The van der Waals surface area contributed by atoms with Gasteiger partial charge < -0.3 is 5.32 Å². The van der Waals surface area contributed by atoms with Gasteiger partial charge in [-0.05, 0) is 27.6 Å². The van der Waals surface area contributed by atoms with Gasteiger partial charge in [-0.3, -0.25) is 0 Å². The summed E-state index contributed by atoms with van der Waals surface area (Å²) >= 11 is 2.97. The molecule has 0 saturated carbocycles. The summed E-state index contributed by atoms with van der Waals surface area (Å²) in [5, 5.41) is 2.79. The van der Waals surface area contributed by atoms with Gasteiger partial charge >= 0.3 is 0 Å². The number of hydrogen-bond donors (Lipinski definition) is 1. The zero-order valence-electron chi connectivity index (χ0n) is 10.1. The second-order valence-corrected chi connectivity index (χ2v) is 5.00. The minimum atomic E-state index is -2.51. The van der Waals surface area contributed by atoms with E-state index >= 15 is 0 Å². The van der Waals surface area contributed by atoms with Gasteiger partial charge in [-0.25, -0.2) is 17.6 Å². The third-order valence-corrected chi connectivity index (χ3v) is 3.33. The predicted octanol–water partition coefficient (Wildman–Crippen LogP) is 5.28. The van der Waals surface area contributed by atoms with Gasteiger partial charge in [0, 0.05) is 18.2 Å². The molecule has 20 heavy (non-hydrogen) atoms. The maximum absolute atomic E-state index is 13.5. The van der Waals surface area contributed by atoms with Gasteiger partial charge in [-0.15, -0.1) is 0 Å². The molecule has 0 amide bonds. The summed E-state index contributed by atoms with van der Waals surface area (Å²) in [7, 11) is 0. The van der Waals surface area contributed by atoms with E-state index in [2.05, 4.69) is 21.2 Å². The highest BCUT2D eigenvalue weighted by atomic mass is 79.9. The zero-order chi connectivity index (χ0) is 14.7. The molecule has 0 unspecified atom stereocenters. The summed E-state index contributed by atoms with van der Waals surface area (Å²) in [5.41, 5.74) is 0.787. The van der Waals surface area contributed by atoms with E-state index in [4.69, 9.17) is 0 Å². The molecule has 0 radical (unpaired) electrons. The van der Waals surface area contributed by atoms with Crippen LogP contribution < -0.4 is 5.32 Å². The molecule has 0 aromatic heterocycles. The third-order valence-electron chi connectivity index (χ3n) is 2.72. The lowest BCUT2D eigenvalue weighted by molar-refractivity contribution is 0.151. The average Bonchev–Trinajstić information content (AvgIpc) is 2.42. The van der Waals surface area contributed by atoms with Crippen LogP contribution in [-0.4, -0.2) is 0 Å². The smallest absolute Gasteiger partial charge is 0.263 e. The van der Waals surface area contributed by atoms with Crippen molar-refractivity contribution in [2.45, 2.75) is 13.0 Å². The standard InChI is InChI=1S/C14H10BrF4N/c15-10-5-13(12(17)6-11(10)16)20-7-8-1-3-9(4-2-8)14(18)19/h1-6,14,20H,7H2. The molecule has 0 spiro atoms. The molecule has 0 bridgehead atoms. The van der Waals surface area contributed by atoms with Crippen LogP contribution in [0.1, 0.15) is 17.6 Å². The summed E-state index contributed by atoms with van der Waals surface area (Å²) in [6.45, 7) is 0.249. The molecule has 106 valence electrons. The van der Waals surface area contributed by atoms with E-state index in [-0.39, 0.29) is 22.3 Å². The molecule has 0 aliphatic rings. The quantitative estimate of drug-likeness (QED) is 0.586. The first kappa shape index (κ1) is 14.8. The van der Waals surface area contributed by atoms with Gasteiger partial charge in [0.2, 0.25) is 0 Å². The molecule has 0 aliphatic carbocycles. The fraction of sp³-hybridized carbons (Fsp3) is 0.143. The molecule has 0 fully saturated rings. The first-order valence-electron chi connectivity index (χ1n) is 5.73. The molecule has 2 aromatic rings. The molecule has 0 atom stereocenters. The Morgan fingerprint density at radius 3 is 2.25 bits per heavy atom. The molecular formula is C14H10BrF4N. The normalized spacial score (nSPS) is 10.9. The Hall–Kier alpha value is -1.56. The van der Waals surface area contributed by atoms with E-state index in [0.29, 0.717) is 5.56 Å². The van der Waals surface area contributed by atoms with Crippen molar-refractivity contribution in [1.29, 1.82) is 0 Å². The van der Waals surface area contributed by atoms with E-state index in [1.807, 2.05) is 0 Å². The fourth-order valence-electron chi connectivity index (χ4n) is 1.64. The first-order chi connectivity index (χ1) is 9.47. The van der Waals surface area contributed by atoms with Crippen molar-refractivity contribution in [3.63, 3.8) is 0 Å². The van der Waals surface area contributed by atoms with E-state index in [1.165, 1.54) is 30.3 Å². The van der Waals surface area contributed by atoms with Crippen LogP contribution in [0.5, 0.6) is 0 Å². The maximum Gasteiger partial charge on any atom is 0.263 e. The fourth-order valence-corrected chi connectivity index (χ4v) is 1.98. The first-order valence-corrected chi connectivity index (χ1v) is 6.52. The number of nitrogens with one attached hydrogen (secondary N) is 1. The van der Waals surface area contributed by atoms with Crippen LogP contribution in [0.4, 0.5) is 23.2 Å². The van der Waals surface area contributed by atoms with Gasteiger partial charge in [-0.1, -0.05) is 24.3 Å². The lowest BCUT2D eigenvalue weighted by atomic mass is 10.1. The van der Waals surface area contributed by atoms with E-state index in [0.717, 1.165) is 6.07 Å². The molecule has 2 rings (SSSR count). The monoisotopic (exact) mass is 347 g/mol. The lowest BCUT2D eigenvalue weighted by Crippen LogP contribution is -2.02. The zero-order valence-corrected chi connectivity index (χ0v) is 11.7. The van der Waals surface area contributed by atoms with Crippen molar-refractivity contribution in [1.82, 2.24) is 0 Å². The van der Waals surface area contributed by atoms with E-state index in [9.17, 15) is 17.6 Å². The summed E-state index contributed by atoms with van der Waals surface area (Å²) in [6.07, 6.45) is -2.51. The van der Waals surface area contributed by atoms with Gasteiger partial charge in [-0.2, -0.15) is 0 Å². The average molecular weight is 348 g/mol. The lowest BCUT2D eigenvalue weighted by Gasteiger charge is -2.09. The minimum absolute atomic E-state index is 0.0653. The Kier molecular flexibility index (Phi) is 4.65. The number of halogens is 5. The number of benzene rings is 2. The Labute approximate surface area is 121 Å².